The van der Waals surface area contributed by atoms with Gasteiger partial charge >= 0.3 is 0 Å². The molecule has 6 heteroatoms. The molecule has 0 bridgehead atoms. The lowest BCUT2D eigenvalue weighted by Crippen LogP contribution is -2.29. The van der Waals surface area contributed by atoms with E-state index in [1.54, 1.807) is 14.2 Å². The summed E-state index contributed by atoms with van der Waals surface area (Å²) in [5, 5.41) is 14.7. The minimum atomic E-state index is -0.336. The summed E-state index contributed by atoms with van der Waals surface area (Å²) in [5.41, 5.74) is 2.51. The molecule has 2 aromatic carbocycles. The molecule has 158 valence electrons. The molecule has 31 heavy (non-hydrogen) atoms. The first-order valence-electron chi connectivity index (χ1n) is 10.5. The van der Waals surface area contributed by atoms with Gasteiger partial charge in [-0.15, -0.1) is 0 Å². The Morgan fingerprint density at radius 2 is 1.52 bits per heavy atom. The van der Waals surface area contributed by atoms with Crippen LogP contribution < -0.4 is 15.0 Å². The summed E-state index contributed by atoms with van der Waals surface area (Å²) in [6.45, 7) is 0.541. The van der Waals surface area contributed by atoms with Gasteiger partial charge in [0.2, 0.25) is 0 Å². The highest BCUT2D eigenvalue weighted by molar-refractivity contribution is 5.84. The van der Waals surface area contributed by atoms with Gasteiger partial charge in [-0.25, -0.2) is 4.68 Å². The Morgan fingerprint density at radius 1 is 0.968 bits per heavy atom. The lowest BCUT2D eigenvalue weighted by molar-refractivity contribution is 0.414. The molecule has 4 rings (SSSR count). The van der Waals surface area contributed by atoms with Crippen molar-refractivity contribution in [2.24, 2.45) is 5.92 Å². The van der Waals surface area contributed by atoms with Gasteiger partial charge in [0, 0.05) is 17.7 Å². The number of rotatable bonds is 6. The maximum atomic E-state index is 13.2. The van der Waals surface area contributed by atoms with Crippen molar-refractivity contribution < 1.29 is 9.47 Å². The first-order valence-corrected chi connectivity index (χ1v) is 10.5. The van der Waals surface area contributed by atoms with E-state index in [4.69, 9.17) is 14.6 Å². The molecule has 1 saturated carbocycles. The van der Waals surface area contributed by atoms with Crippen molar-refractivity contribution >= 4 is 0 Å². The summed E-state index contributed by atoms with van der Waals surface area (Å²) in [6, 6.07) is 17.0. The fourth-order valence-corrected chi connectivity index (χ4v) is 4.23. The standard InChI is InChI=1S/C25H25N3O3/c1-30-20-11-7-18(8-12-20)23-22(15-26)25(29)28(16-17-5-3-4-6-17)27-24(23)19-9-13-21(31-2)14-10-19/h7-14,17H,3-6,16H2,1-2H3. The van der Waals surface area contributed by atoms with Gasteiger partial charge in [-0.3, -0.25) is 4.79 Å². The zero-order valence-electron chi connectivity index (χ0n) is 17.8. The molecule has 0 atom stereocenters. The quantitative estimate of drug-likeness (QED) is 0.585. The molecule has 0 aliphatic heterocycles. The highest BCUT2D eigenvalue weighted by Crippen LogP contribution is 2.34. The lowest BCUT2D eigenvalue weighted by Gasteiger charge is -2.17. The molecular weight excluding hydrogens is 390 g/mol. The third-order valence-corrected chi connectivity index (χ3v) is 5.92. The van der Waals surface area contributed by atoms with Gasteiger partial charge in [-0.2, -0.15) is 10.4 Å². The smallest absolute Gasteiger partial charge is 0.285 e. The highest BCUT2D eigenvalue weighted by atomic mass is 16.5. The Hall–Kier alpha value is -3.59. The summed E-state index contributed by atoms with van der Waals surface area (Å²) >= 11 is 0. The van der Waals surface area contributed by atoms with Gasteiger partial charge in [0.1, 0.15) is 28.8 Å². The van der Waals surface area contributed by atoms with Crippen LogP contribution in [0.25, 0.3) is 22.4 Å². The lowest BCUT2D eigenvalue weighted by atomic mass is 9.95. The zero-order chi connectivity index (χ0) is 21.8. The summed E-state index contributed by atoms with van der Waals surface area (Å²) in [7, 11) is 3.22. The molecule has 0 amide bonds. The molecular formula is C25H25N3O3. The second-order valence-electron chi connectivity index (χ2n) is 7.81. The molecule has 1 aromatic heterocycles. The van der Waals surface area contributed by atoms with Crippen LogP contribution in [0.15, 0.2) is 53.3 Å². The van der Waals surface area contributed by atoms with E-state index in [2.05, 4.69) is 6.07 Å². The maximum Gasteiger partial charge on any atom is 0.285 e. The molecule has 3 aromatic rings. The minimum absolute atomic E-state index is 0.115. The van der Waals surface area contributed by atoms with Gasteiger partial charge in [0.15, 0.2) is 0 Å². The fraction of sp³-hybridized carbons (Fsp3) is 0.320. The van der Waals surface area contributed by atoms with Crippen molar-refractivity contribution in [3.8, 4) is 40.0 Å². The molecule has 1 heterocycles. The van der Waals surface area contributed by atoms with Crippen LogP contribution in [-0.4, -0.2) is 24.0 Å². The third kappa shape index (κ3) is 4.17. The van der Waals surface area contributed by atoms with E-state index in [1.807, 2.05) is 48.5 Å². The van der Waals surface area contributed by atoms with Crippen LogP contribution in [0.3, 0.4) is 0 Å². The molecule has 6 nitrogen and oxygen atoms in total. The van der Waals surface area contributed by atoms with E-state index in [-0.39, 0.29) is 11.1 Å². The number of methoxy groups -OCH3 is 2. The summed E-state index contributed by atoms with van der Waals surface area (Å²) in [5.74, 6) is 1.86. The van der Waals surface area contributed by atoms with Crippen LogP contribution >= 0.6 is 0 Å². The van der Waals surface area contributed by atoms with Crippen LogP contribution in [0, 0.1) is 17.2 Å². The van der Waals surface area contributed by atoms with E-state index in [0.29, 0.717) is 29.5 Å². The number of nitrogens with zero attached hydrogens (tertiary/aromatic N) is 3. The summed E-state index contributed by atoms with van der Waals surface area (Å²) < 4.78 is 12.0. The van der Waals surface area contributed by atoms with Crippen LogP contribution in [0.2, 0.25) is 0 Å². The van der Waals surface area contributed by atoms with Crippen LogP contribution in [-0.2, 0) is 6.54 Å². The number of ether oxygens (including phenoxy) is 2. The average Bonchev–Trinajstić information content (AvgIpc) is 3.33. The zero-order valence-corrected chi connectivity index (χ0v) is 17.8. The molecule has 0 N–H and O–H groups in total. The number of hydrogen-bond donors (Lipinski definition) is 0. The molecule has 0 spiro atoms. The normalized spacial score (nSPS) is 13.7. The number of nitriles is 1. The van der Waals surface area contributed by atoms with Crippen molar-refractivity contribution in [1.29, 1.82) is 5.26 Å². The second-order valence-corrected chi connectivity index (χ2v) is 7.81. The van der Waals surface area contributed by atoms with Crippen molar-refractivity contribution in [3.05, 3.63) is 64.4 Å². The largest absolute Gasteiger partial charge is 0.497 e. The van der Waals surface area contributed by atoms with Crippen molar-refractivity contribution in [2.45, 2.75) is 32.2 Å². The SMILES string of the molecule is COc1ccc(-c2nn(CC3CCCC3)c(=O)c(C#N)c2-c2ccc(OC)cc2)cc1. The predicted octanol–water partition coefficient (Wildman–Crippen LogP) is 4.66. The van der Waals surface area contributed by atoms with E-state index < -0.39 is 0 Å². The Balaban J connectivity index is 1.92. The molecule has 0 unspecified atom stereocenters. The number of aromatic nitrogens is 2. The second kappa shape index (κ2) is 9.05. The van der Waals surface area contributed by atoms with Crippen LogP contribution in [0.4, 0.5) is 0 Å². The topological polar surface area (TPSA) is 77.1 Å². The van der Waals surface area contributed by atoms with E-state index >= 15 is 0 Å². The van der Waals surface area contributed by atoms with Crippen LogP contribution in [0.1, 0.15) is 31.2 Å². The average molecular weight is 415 g/mol. The predicted molar refractivity (Wildman–Crippen MR) is 119 cm³/mol. The molecule has 0 radical (unpaired) electrons. The number of benzene rings is 2. The number of hydrogen-bond acceptors (Lipinski definition) is 5. The minimum Gasteiger partial charge on any atom is -0.497 e. The summed E-state index contributed by atoms with van der Waals surface area (Å²) in [4.78, 5) is 13.2. The Kier molecular flexibility index (Phi) is 6.03. The Morgan fingerprint density at radius 3 is 2.03 bits per heavy atom. The summed E-state index contributed by atoms with van der Waals surface area (Å²) in [6.07, 6.45) is 4.54. The van der Waals surface area contributed by atoms with Crippen LogP contribution in [0.5, 0.6) is 11.5 Å². The van der Waals surface area contributed by atoms with Gasteiger partial charge in [0.05, 0.1) is 14.2 Å². The first-order chi connectivity index (χ1) is 15.1. The fourth-order valence-electron chi connectivity index (χ4n) is 4.23. The Bertz CT molecular complexity index is 1150. The first kappa shape index (κ1) is 20.7. The maximum absolute atomic E-state index is 13.2. The van der Waals surface area contributed by atoms with Crippen molar-refractivity contribution in [1.82, 2.24) is 9.78 Å². The third-order valence-electron chi connectivity index (χ3n) is 5.92. The highest BCUT2D eigenvalue weighted by Gasteiger charge is 2.23. The van der Waals surface area contributed by atoms with E-state index in [0.717, 1.165) is 29.7 Å². The monoisotopic (exact) mass is 415 g/mol. The van der Waals surface area contributed by atoms with Gasteiger partial charge < -0.3 is 9.47 Å². The van der Waals surface area contributed by atoms with Gasteiger partial charge in [0.25, 0.3) is 5.56 Å². The molecule has 1 fully saturated rings. The van der Waals surface area contributed by atoms with Crippen molar-refractivity contribution in [3.63, 3.8) is 0 Å². The molecule has 0 saturated heterocycles. The van der Waals surface area contributed by atoms with E-state index in [9.17, 15) is 10.1 Å². The molecule has 1 aliphatic rings. The van der Waals surface area contributed by atoms with Gasteiger partial charge in [-0.05, 0) is 60.7 Å². The van der Waals surface area contributed by atoms with Crippen molar-refractivity contribution in [2.75, 3.05) is 14.2 Å². The van der Waals surface area contributed by atoms with E-state index in [1.165, 1.54) is 17.5 Å². The van der Waals surface area contributed by atoms with Gasteiger partial charge in [-0.1, -0.05) is 25.0 Å². The Labute approximate surface area is 181 Å². The molecule has 1 aliphatic carbocycles.